The van der Waals surface area contributed by atoms with E-state index in [-0.39, 0.29) is 12.1 Å². The Morgan fingerprint density at radius 3 is 2.74 bits per heavy atom. The summed E-state index contributed by atoms with van der Waals surface area (Å²) in [7, 11) is 0. The monoisotopic (exact) mass is 259 g/mol. The summed E-state index contributed by atoms with van der Waals surface area (Å²) < 4.78 is 5.57. The first-order chi connectivity index (χ1) is 9.34. The predicted octanol–water partition coefficient (Wildman–Crippen LogP) is 2.72. The number of carbonyl (C=O) groups excluding carboxylic acids is 1. The van der Waals surface area contributed by atoms with Crippen LogP contribution in [0.15, 0.2) is 24.3 Å². The Bertz CT molecular complexity index is 449. The van der Waals surface area contributed by atoms with Crippen LogP contribution in [0.4, 0.5) is 4.79 Å². The minimum atomic E-state index is -0.219. The molecule has 4 nitrogen and oxygen atoms in total. The Labute approximate surface area is 113 Å². The fraction of sp³-hybridized carbons (Fsp3) is 0.533. The molecule has 0 bridgehead atoms. The average molecular weight is 259 g/mol. The van der Waals surface area contributed by atoms with Gasteiger partial charge in [-0.15, -0.1) is 0 Å². The average Bonchev–Trinajstić information content (AvgIpc) is 3.13. The number of amides is 1. The van der Waals surface area contributed by atoms with Crippen molar-refractivity contribution in [1.29, 1.82) is 0 Å². The summed E-state index contributed by atoms with van der Waals surface area (Å²) in [4.78, 5) is 13.8. The second-order valence-corrected chi connectivity index (χ2v) is 5.16. The van der Waals surface area contributed by atoms with Crippen LogP contribution >= 0.6 is 0 Å². The molecule has 0 saturated carbocycles. The van der Waals surface area contributed by atoms with Gasteiger partial charge < -0.3 is 9.64 Å². The highest BCUT2D eigenvalue weighted by Crippen LogP contribution is 2.32. The van der Waals surface area contributed by atoms with Crippen molar-refractivity contribution in [3.8, 4) is 5.75 Å². The fourth-order valence-corrected chi connectivity index (χ4v) is 2.78. The molecular weight excluding hydrogens is 240 g/mol. The number of hydrogen-bond donors (Lipinski definition) is 0. The van der Waals surface area contributed by atoms with Gasteiger partial charge in [0, 0.05) is 25.2 Å². The molecule has 2 saturated heterocycles. The van der Waals surface area contributed by atoms with E-state index in [1.54, 1.807) is 4.90 Å². The molecule has 1 aromatic carbocycles. The lowest BCUT2D eigenvalue weighted by Gasteiger charge is -2.18. The molecule has 1 unspecified atom stereocenters. The molecule has 0 N–H and O–H groups in total. The Morgan fingerprint density at radius 1 is 1.21 bits per heavy atom. The summed E-state index contributed by atoms with van der Waals surface area (Å²) in [5, 5.41) is 4.57. The number of hydrogen-bond acceptors (Lipinski definition) is 2. The zero-order chi connectivity index (χ0) is 13.1. The largest absolute Gasteiger partial charge is 0.415 e. The first kappa shape index (κ1) is 12.5. The minimum absolute atomic E-state index is 0.197. The Morgan fingerprint density at radius 2 is 2.00 bits per heavy atom. The number of likely N-dealkylation sites (tertiary alicyclic amines) is 1. The lowest BCUT2D eigenvalue weighted by molar-refractivity contribution is 0.162. The number of carbonyl (C=O) groups is 1. The van der Waals surface area contributed by atoms with Crippen LogP contribution in [0.3, 0.4) is 0 Å². The molecule has 1 atom stereocenters. The normalized spacial score (nSPS) is 22.7. The third kappa shape index (κ3) is 2.73. The lowest BCUT2D eigenvalue weighted by Crippen LogP contribution is -2.31. The summed E-state index contributed by atoms with van der Waals surface area (Å²) in [6, 6.07) is 7.98. The van der Waals surface area contributed by atoms with Gasteiger partial charge in [0.2, 0.25) is 0 Å². The van der Waals surface area contributed by atoms with Gasteiger partial charge in [0.05, 0.1) is 6.04 Å². The maximum Gasteiger partial charge on any atom is 0.415 e. The van der Waals surface area contributed by atoms with Gasteiger partial charge in [-0.2, -0.15) is 0 Å². The minimum Gasteiger partial charge on any atom is -0.410 e. The van der Waals surface area contributed by atoms with Crippen LogP contribution < -0.4 is 10.1 Å². The highest BCUT2D eigenvalue weighted by molar-refractivity contribution is 5.71. The molecule has 2 aliphatic heterocycles. The van der Waals surface area contributed by atoms with Gasteiger partial charge in [0.1, 0.15) is 5.75 Å². The van der Waals surface area contributed by atoms with Gasteiger partial charge in [0.25, 0.3) is 0 Å². The van der Waals surface area contributed by atoms with E-state index in [2.05, 4.69) is 5.32 Å². The van der Waals surface area contributed by atoms with Gasteiger partial charge in [-0.3, -0.25) is 0 Å². The van der Waals surface area contributed by atoms with Crippen molar-refractivity contribution in [2.75, 3.05) is 19.6 Å². The van der Waals surface area contributed by atoms with E-state index in [9.17, 15) is 4.79 Å². The first-order valence-electron chi connectivity index (χ1n) is 7.07. The number of nitrogens with zero attached hydrogens (tertiary/aromatic N) is 2. The predicted molar refractivity (Wildman–Crippen MR) is 72.2 cm³/mol. The van der Waals surface area contributed by atoms with E-state index >= 15 is 0 Å². The van der Waals surface area contributed by atoms with Gasteiger partial charge in [-0.05, 0) is 31.7 Å². The molecule has 0 spiro atoms. The summed E-state index contributed by atoms with van der Waals surface area (Å²) in [5.74, 6) is 0.676. The lowest BCUT2D eigenvalue weighted by atomic mass is 10.0. The molecule has 2 fully saturated rings. The van der Waals surface area contributed by atoms with Crippen molar-refractivity contribution >= 4 is 6.09 Å². The molecule has 3 rings (SSSR count). The van der Waals surface area contributed by atoms with E-state index in [0.29, 0.717) is 5.75 Å². The molecule has 101 valence electrons. The quantitative estimate of drug-likeness (QED) is 0.819. The maximum absolute atomic E-state index is 12.1. The van der Waals surface area contributed by atoms with E-state index in [1.165, 1.54) is 0 Å². The maximum atomic E-state index is 12.1. The summed E-state index contributed by atoms with van der Waals surface area (Å²) in [5.41, 5.74) is 1.05. The topological polar surface area (TPSA) is 43.6 Å². The van der Waals surface area contributed by atoms with Gasteiger partial charge in [-0.25, -0.2) is 10.1 Å². The molecule has 0 aliphatic carbocycles. The highest BCUT2D eigenvalue weighted by Gasteiger charge is 2.24. The van der Waals surface area contributed by atoms with Crippen LogP contribution in [0.25, 0.3) is 0 Å². The second-order valence-electron chi connectivity index (χ2n) is 5.16. The number of benzene rings is 1. The number of para-hydroxylation sites is 1. The molecule has 19 heavy (non-hydrogen) atoms. The summed E-state index contributed by atoms with van der Waals surface area (Å²) in [6.45, 7) is 2.54. The Kier molecular flexibility index (Phi) is 3.69. The SMILES string of the molecule is O=C(Oc1ccccc1C1CCC[N]1)N1CCCC1. The molecule has 4 heteroatoms. The van der Waals surface area contributed by atoms with Crippen molar-refractivity contribution in [2.24, 2.45) is 0 Å². The van der Waals surface area contributed by atoms with Crippen LogP contribution in [0.5, 0.6) is 5.75 Å². The van der Waals surface area contributed by atoms with Crippen LogP contribution in [0.1, 0.15) is 37.3 Å². The van der Waals surface area contributed by atoms with Gasteiger partial charge in [0.15, 0.2) is 0 Å². The smallest absolute Gasteiger partial charge is 0.410 e. The molecule has 2 heterocycles. The zero-order valence-corrected chi connectivity index (χ0v) is 11.0. The summed E-state index contributed by atoms with van der Waals surface area (Å²) in [6.07, 6.45) is 4.11. The van der Waals surface area contributed by atoms with Crippen molar-refractivity contribution in [3.63, 3.8) is 0 Å². The molecular formula is C15H19N2O2. The van der Waals surface area contributed by atoms with E-state index in [1.807, 2.05) is 24.3 Å². The standard InChI is InChI=1S/C15H19N2O2/c18-15(17-10-3-4-11-17)19-14-8-2-1-6-12(14)13-7-5-9-16-13/h1-2,6,8,13H,3-5,7,9-11H2. The number of rotatable bonds is 2. The van der Waals surface area contributed by atoms with E-state index in [4.69, 9.17) is 4.74 Å². The van der Waals surface area contributed by atoms with Crippen molar-refractivity contribution < 1.29 is 9.53 Å². The third-order valence-corrected chi connectivity index (χ3v) is 3.82. The zero-order valence-electron chi connectivity index (χ0n) is 11.0. The first-order valence-corrected chi connectivity index (χ1v) is 7.07. The van der Waals surface area contributed by atoms with Crippen molar-refractivity contribution in [2.45, 2.75) is 31.7 Å². The van der Waals surface area contributed by atoms with Crippen molar-refractivity contribution in [3.05, 3.63) is 29.8 Å². The van der Waals surface area contributed by atoms with Crippen LogP contribution in [0, 0.1) is 0 Å². The van der Waals surface area contributed by atoms with Gasteiger partial charge in [-0.1, -0.05) is 18.2 Å². The number of ether oxygens (including phenoxy) is 1. The van der Waals surface area contributed by atoms with Crippen molar-refractivity contribution in [1.82, 2.24) is 10.2 Å². The Balaban J connectivity index is 1.74. The Hall–Kier alpha value is -1.55. The molecule has 1 aromatic rings. The fourth-order valence-electron chi connectivity index (χ4n) is 2.78. The van der Waals surface area contributed by atoms with Crippen LogP contribution in [0.2, 0.25) is 0 Å². The third-order valence-electron chi connectivity index (χ3n) is 3.82. The van der Waals surface area contributed by atoms with E-state index < -0.39 is 0 Å². The van der Waals surface area contributed by atoms with Gasteiger partial charge >= 0.3 is 6.09 Å². The molecule has 1 amide bonds. The second kappa shape index (κ2) is 5.61. The molecule has 0 aromatic heterocycles. The van der Waals surface area contributed by atoms with E-state index in [0.717, 1.165) is 50.9 Å². The van der Waals surface area contributed by atoms with Crippen LogP contribution in [-0.2, 0) is 0 Å². The highest BCUT2D eigenvalue weighted by atomic mass is 16.6. The molecule has 1 radical (unpaired) electrons. The molecule has 2 aliphatic rings. The summed E-state index contributed by atoms with van der Waals surface area (Å²) >= 11 is 0. The van der Waals surface area contributed by atoms with Crippen LogP contribution in [-0.4, -0.2) is 30.6 Å².